The van der Waals surface area contributed by atoms with E-state index < -0.39 is 28.5 Å². The van der Waals surface area contributed by atoms with Gasteiger partial charge in [-0.25, -0.2) is 8.42 Å². The predicted octanol–water partition coefficient (Wildman–Crippen LogP) is 4.96. The van der Waals surface area contributed by atoms with Gasteiger partial charge in [-0.2, -0.15) is 0 Å². The topological polar surface area (TPSA) is 86.8 Å². The van der Waals surface area contributed by atoms with Gasteiger partial charge in [-0.15, -0.1) is 0 Å². The summed E-state index contributed by atoms with van der Waals surface area (Å²) in [6, 6.07) is 21.3. The van der Waals surface area contributed by atoms with Crippen molar-refractivity contribution in [2.75, 3.05) is 17.4 Å². The smallest absolute Gasteiger partial charge is 0.264 e. The van der Waals surface area contributed by atoms with Crippen molar-refractivity contribution in [1.29, 1.82) is 0 Å². The Morgan fingerprint density at radius 1 is 0.917 bits per heavy atom. The zero-order chi connectivity index (χ0) is 26.3. The maximum absolute atomic E-state index is 13.7. The number of rotatable bonds is 10. The average molecular weight is 637 g/mol. The van der Waals surface area contributed by atoms with Crippen LogP contribution in [0.15, 0.2) is 92.7 Å². The van der Waals surface area contributed by atoms with Crippen LogP contribution in [-0.4, -0.2) is 44.3 Å². The first-order valence-electron chi connectivity index (χ1n) is 11.3. The van der Waals surface area contributed by atoms with Crippen LogP contribution in [0.25, 0.3) is 0 Å². The van der Waals surface area contributed by atoms with E-state index in [0.29, 0.717) is 16.7 Å². The van der Waals surface area contributed by atoms with Crippen LogP contribution in [0.2, 0.25) is 0 Å². The summed E-state index contributed by atoms with van der Waals surface area (Å²) < 4.78 is 29.9. The Kier molecular flexibility index (Phi) is 9.69. The van der Waals surface area contributed by atoms with Crippen molar-refractivity contribution in [3.63, 3.8) is 0 Å². The summed E-state index contributed by atoms with van der Waals surface area (Å²) in [6.07, 6.45) is 0. The molecule has 7 nitrogen and oxygen atoms in total. The van der Waals surface area contributed by atoms with Gasteiger partial charge in [0, 0.05) is 22.0 Å². The van der Waals surface area contributed by atoms with Crippen LogP contribution >= 0.6 is 31.9 Å². The molecule has 3 aromatic rings. The van der Waals surface area contributed by atoms with E-state index in [1.165, 1.54) is 17.0 Å². The number of nitrogens with one attached hydrogen (secondary N) is 1. The van der Waals surface area contributed by atoms with Gasteiger partial charge < -0.3 is 10.2 Å². The Hall–Kier alpha value is -2.69. The number of hydrogen-bond acceptors (Lipinski definition) is 4. The van der Waals surface area contributed by atoms with Gasteiger partial charge in [0.05, 0.1) is 10.6 Å². The molecule has 10 heteroatoms. The number of anilines is 1. The molecule has 0 aliphatic carbocycles. The molecule has 0 aromatic heterocycles. The highest BCUT2D eigenvalue weighted by molar-refractivity contribution is 9.10. The Morgan fingerprint density at radius 3 is 2.17 bits per heavy atom. The average Bonchev–Trinajstić information content (AvgIpc) is 2.86. The van der Waals surface area contributed by atoms with E-state index in [1.807, 2.05) is 24.3 Å². The summed E-state index contributed by atoms with van der Waals surface area (Å²) in [6.45, 7) is 3.50. The molecule has 0 unspecified atom stereocenters. The minimum atomic E-state index is -4.08. The van der Waals surface area contributed by atoms with Gasteiger partial charge in [0.2, 0.25) is 11.8 Å². The van der Waals surface area contributed by atoms with E-state index in [-0.39, 0.29) is 17.3 Å². The number of nitrogens with zero attached hydrogens (tertiary/aromatic N) is 2. The second kappa shape index (κ2) is 12.5. The van der Waals surface area contributed by atoms with Gasteiger partial charge in [0.15, 0.2) is 0 Å². The molecule has 2 amide bonds. The number of benzene rings is 3. The molecule has 0 saturated heterocycles. The fraction of sp³-hybridized carbons (Fsp3) is 0.231. The molecule has 0 aliphatic rings. The van der Waals surface area contributed by atoms with Crippen LogP contribution in [0.4, 0.5) is 5.69 Å². The highest BCUT2D eigenvalue weighted by Gasteiger charge is 2.32. The molecule has 0 aliphatic heterocycles. The number of amides is 2. The summed E-state index contributed by atoms with van der Waals surface area (Å²) in [5.41, 5.74) is 1.13. The number of carbonyl (C=O) groups is 2. The first kappa shape index (κ1) is 27.9. The van der Waals surface area contributed by atoms with E-state index >= 15 is 0 Å². The SMILES string of the molecule is CCNC(=O)[C@H](C)N(Cc1cccc(Br)c1)C(=O)CN(c1cccc(Br)c1)S(=O)(=O)c1ccccc1. The third-order valence-corrected chi connectivity index (χ3v) is 8.24. The number of sulfonamides is 1. The van der Waals surface area contributed by atoms with Gasteiger partial charge in [0.1, 0.15) is 12.6 Å². The molecule has 3 rings (SSSR count). The van der Waals surface area contributed by atoms with Gasteiger partial charge in [0.25, 0.3) is 10.0 Å². The molecule has 1 N–H and O–H groups in total. The molecule has 0 radical (unpaired) electrons. The molecule has 0 heterocycles. The number of likely N-dealkylation sites (N-methyl/N-ethyl adjacent to an activating group) is 1. The Balaban J connectivity index is 2.02. The maximum atomic E-state index is 13.7. The fourth-order valence-corrected chi connectivity index (χ4v) is 5.88. The molecule has 190 valence electrons. The van der Waals surface area contributed by atoms with Crippen molar-refractivity contribution in [2.24, 2.45) is 0 Å². The normalized spacial score (nSPS) is 12.0. The van der Waals surface area contributed by atoms with E-state index in [4.69, 9.17) is 0 Å². The van der Waals surface area contributed by atoms with E-state index in [9.17, 15) is 18.0 Å². The van der Waals surface area contributed by atoms with E-state index in [0.717, 1.165) is 14.3 Å². The Labute approximate surface area is 228 Å². The van der Waals surface area contributed by atoms with Crippen LogP contribution in [0.3, 0.4) is 0 Å². The first-order chi connectivity index (χ1) is 17.1. The zero-order valence-corrected chi connectivity index (χ0v) is 23.9. The molecule has 3 aromatic carbocycles. The molecule has 0 fully saturated rings. The summed E-state index contributed by atoms with van der Waals surface area (Å²) in [5, 5.41) is 2.75. The second-order valence-electron chi connectivity index (χ2n) is 8.03. The first-order valence-corrected chi connectivity index (χ1v) is 14.3. The summed E-state index contributed by atoms with van der Waals surface area (Å²) in [4.78, 5) is 27.9. The third kappa shape index (κ3) is 6.96. The van der Waals surface area contributed by atoms with Crippen molar-refractivity contribution in [3.8, 4) is 0 Å². The molecule has 36 heavy (non-hydrogen) atoms. The molecular formula is C26H27Br2N3O4S. The molecule has 0 saturated carbocycles. The molecular weight excluding hydrogens is 610 g/mol. The van der Waals surface area contributed by atoms with Crippen LogP contribution in [-0.2, 0) is 26.2 Å². The van der Waals surface area contributed by atoms with Crippen LogP contribution in [0, 0.1) is 0 Å². The van der Waals surface area contributed by atoms with Gasteiger partial charge in [-0.05, 0) is 61.9 Å². The fourth-order valence-electron chi connectivity index (χ4n) is 3.62. The molecule has 0 spiro atoms. The number of halogens is 2. The lowest BCUT2D eigenvalue weighted by Gasteiger charge is -2.32. The van der Waals surface area contributed by atoms with Gasteiger partial charge >= 0.3 is 0 Å². The minimum absolute atomic E-state index is 0.0630. The Bertz CT molecular complexity index is 1320. The highest BCUT2D eigenvalue weighted by Crippen LogP contribution is 2.27. The number of carbonyl (C=O) groups excluding carboxylic acids is 2. The van der Waals surface area contributed by atoms with Crippen molar-refractivity contribution >= 4 is 59.4 Å². The second-order valence-corrected chi connectivity index (χ2v) is 11.7. The van der Waals surface area contributed by atoms with Crippen LogP contribution < -0.4 is 9.62 Å². The standard InChI is InChI=1S/C26H27Br2N3O4S/c1-3-29-26(33)19(2)30(17-20-9-7-10-21(27)15-20)25(32)18-31(23-12-8-11-22(28)16-23)36(34,35)24-13-5-4-6-14-24/h4-16,19H,3,17-18H2,1-2H3,(H,29,33)/t19-/m0/s1. The van der Waals surface area contributed by atoms with Crippen molar-refractivity contribution in [1.82, 2.24) is 10.2 Å². The van der Waals surface area contributed by atoms with Gasteiger partial charge in [-0.1, -0.05) is 68.3 Å². The predicted molar refractivity (Wildman–Crippen MR) is 148 cm³/mol. The molecule has 0 bridgehead atoms. The lowest BCUT2D eigenvalue weighted by Crippen LogP contribution is -2.51. The van der Waals surface area contributed by atoms with Crippen molar-refractivity contribution < 1.29 is 18.0 Å². The minimum Gasteiger partial charge on any atom is -0.355 e. The van der Waals surface area contributed by atoms with E-state index in [2.05, 4.69) is 37.2 Å². The van der Waals surface area contributed by atoms with Crippen LogP contribution in [0.1, 0.15) is 19.4 Å². The van der Waals surface area contributed by atoms with Gasteiger partial charge in [-0.3, -0.25) is 13.9 Å². The summed E-state index contributed by atoms with van der Waals surface area (Å²) in [5.74, 6) is -0.825. The maximum Gasteiger partial charge on any atom is 0.264 e. The largest absolute Gasteiger partial charge is 0.355 e. The van der Waals surface area contributed by atoms with Crippen molar-refractivity contribution in [2.45, 2.75) is 31.3 Å². The lowest BCUT2D eigenvalue weighted by atomic mass is 10.1. The lowest BCUT2D eigenvalue weighted by molar-refractivity contribution is -0.139. The van der Waals surface area contributed by atoms with Crippen LogP contribution in [0.5, 0.6) is 0 Å². The Morgan fingerprint density at radius 2 is 1.56 bits per heavy atom. The quantitative estimate of drug-likeness (QED) is 0.341. The van der Waals surface area contributed by atoms with Crippen molar-refractivity contribution in [3.05, 3.63) is 93.4 Å². The molecule has 1 atom stereocenters. The van der Waals surface area contributed by atoms with E-state index in [1.54, 1.807) is 56.3 Å². The monoisotopic (exact) mass is 635 g/mol. The zero-order valence-electron chi connectivity index (χ0n) is 19.9. The summed E-state index contributed by atoms with van der Waals surface area (Å²) >= 11 is 6.82. The highest BCUT2D eigenvalue weighted by atomic mass is 79.9. The number of hydrogen-bond donors (Lipinski definition) is 1. The summed E-state index contributed by atoms with van der Waals surface area (Å²) in [7, 11) is -4.08. The third-order valence-electron chi connectivity index (χ3n) is 5.47.